The second-order valence-corrected chi connectivity index (χ2v) is 5.59. The van der Waals surface area contributed by atoms with Crippen LogP contribution in [0.1, 0.15) is 18.5 Å². The van der Waals surface area contributed by atoms with Crippen molar-refractivity contribution < 1.29 is 18.7 Å². The van der Waals surface area contributed by atoms with Gasteiger partial charge in [-0.1, -0.05) is 5.21 Å². The first kappa shape index (κ1) is 18.1. The number of amides is 1. The van der Waals surface area contributed by atoms with Gasteiger partial charge in [0.15, 0.2) is 17.3 Å². The molecule has 0 spiro atoms. The fraction of sp³-hybridized carbons (Fsp3) is 0.200. The summed E-state index contributed by atoms with van der Waals surface area (Å²) in [5.41, 5.74) is 5.65. The van der Waals surface area contributed by atoms with E-state index in [1.807, 2.05) is 0 Å². The molecule has 0 bridgehead atoms. The average Bonchev–Trinajstić information content (AvgIpc) is 2.99. The van der Waals surface area contributed by atoms with Crippen LogP contribution >= 0.6 is 0 Å². The Bertz CT molecular complexity index is 992. The van der Waals surface area contributed by atoms with E-state index in [4.69, 9.17) is 5.73 Å². The Hall–Kier alpha value is -3.70. The smallest absolute Gasteiger partial charge is 0.413 e. The van der Waals surface area contributed by atoms with Crippen LogP contribution in [0.2, 0.25) is 0 Å². The zero-order chi connectivity index (χ0) is 19.7. The summed E-state index contributed by atoms with van der Waals surface area (Å²) in [5.74, 6) is -1.74. The second-order valence-electron chi connectivity index (χ2n) is 5.59. The average molecular weight is 376 g/mol. The minimum atomic E-state index is -1.44. The van der Waals surface area contributed by atoms with Crippen LogP contribution in [0.25, 0.3) is 11.5 Å². The molecule has 3 heterocycles. The molecule has 1 amide bonds. The molecule has 0 aromatic carbocycles. The third kappa shape index (κ3) is 3.36. The van der Waals surface area contributed by atoms with Crippen molar-refractivity contribution in [1.29, 1.82) is 0 Å². The van der Waals surface area contributed by atoms with Crippen LogP contribution in [0.4, 0.5) is 25.1 Å². The van der Waals surface area contributed by atoms with Crippen molar-refractivity contribution in [3.05, 3.63) is 42.0 Å². The largest absolute Gasteiger partial charge is 0.465 e. The summed E-state index contributed by atoms with van der Waals surface area (Å²) in [6.45, 7) is 1.38. The van der Waals surface area contributed by atoms with Gasteiger partial charge in [-0.3, -0.25) is 4.90 Å². The van der Waals surface area contributed by atoms with Gasteiger partial charge in [-0.2, -0.15) is 4.39 Å². The molecule has 140 valence electrons. The molecule has 0 fully saturated rings. The van der Waals surface area contributed by atoms with Gasteiger partial charge in [-0.05, 0) is 13.0 Å². The van der Waals surface area contributed by atoms with Crippen LogP contribution in [0.15, 0.2) is 24.7 Å². The van der Waals surface area contributed by atoms with Crippen molar-refractivity contribution in [1.82, 2.24) is 29.9 Å². The molecular weight excluding hydrogens is 362 g/mol. The van der Waals surface area contributed by atoms with Crippen molar-refractivity contribution in [2.45, 2.75) is 13.0 Å². The molecule has 0 aliphatic heterocycles. The zero-order valence-electron chi connectivity index (χ0n) is 14.2. The number of aromatic nitrogens is 6. The Kier molecular flexibility index (Phi) is 4.62. The summed E-state index contributed by atoms with van der Waals surface area (Å²) in [6.07, 6.45) is 1.92. The third-order valence-corrected chi connectivity index (χ3v) is 3.79. The number of pyridine rings is 1. The van der Waals surface area contributed by atoms with Gasteiger partial charge >= 0.3 is 6.09 Å². The maximum absolute atomic E-state index is 14.1. The molecule has 10 nitrogen and oxygen atoms in total. The van der Waals surface area contributed by atoms with Gasteiger partial charge in [0.25, 0.3) is 0 Å². The number of aryl methyl sites for hydroxylation is 1. The number of halogens is 2. The number of carboxylic acid groups (broad SMARTS) is 1. The van der Waals surface area contributed by atoms with E-state index in [-0.39, 0.29) is 22.9 Å². The van der Waals surface area contributed by atoms with Crippen molar-refractivity contribution in [3.63, 3.8) is 0 Å². The topological polar surface area (TPSA) is 136 Å². The molecule has 0 saturated carbocycles. The van der Waals surface area contributed by atoms with E-state index in [0.717, 1.165) is 11.0 Å². The van der Waals surface area contributed by atoms with Gasteiger partial charge in [0.05, 0.1) is 30.3 Å². The molecular formula is C15H14F2N8O2. The number of hydrogen-bond donors (Lipinski definition) is 2. The number of hydrogen-bond acceptors (Lipinski definition) is 7. The highest BCUT2D eigenvalue weighted by molar-refractivity contribution is 5.90. The van der Waals surface area contributed by atoms with Crippen molar-refractivity contribution >= 4 is 17.6 Å². The van der Waals surface area contributed by atoms with Gasteiger partial charge in [-0.15, -0.1) is 5.10 Å². The van der Waals surface area contributed by atoms with E-state index in [2.05, 4.69) is 25.3 Å². The molecule has 3 aromatic rings. The van der Waals surface area contributed by atoms with E-state index in [9.17, 15) is 18.7 Å². The summed E-state index contributed by atoms with van der Waals surface area (Å²) < 4.78 is 28.8. The zero-order valence-corrected chi connectivity index (χ0v) is 14.2. The highest BCUT2D eigenvalue weighted by Gasteiger charge is 2.32. The summed E-state index contributed by atoms with van der Waals surface area (Å²) in [5, 5.41) is 17.4. The van der Waals surface area contributed by atoms with E-state index < -0.39 is 23.9 Å². The molecule has 27 heavy (non-hydrogen) atoms. The number of carbonyl (C=O) groups is 1. The van der Waals surface area contributed by atoms with Gasteiger partial charge in [-0.25, -0.2) is 28.8 Å². The van der Waals surface area contributed by atoms with Crippen molar-refractivity contribution in [2.24, 2.45) is 7.05 Å². The predicted octanol–water partition coefficient (Wildman–Crippen LogP) is 1.77. The number of anilines is 2. The summed E-state index contributed by atoms with van der Waals surface area (Å²) in [4.78, 5) is 24.1. The predicted molar refractivity (Wildman–Crippen MR) is 89.5 cm³/mol. The Labute approximate surface area is 151 Å². The Morgan fingerprint density at radius 3 is 2.56 bits per heavy atom. The molecule has 3 rings (SSSR count). The van der Waals surface area contributed by atoms with Gasteiger partial charge in [0, 0.05) is 12.6 Å². The molecule has 3 N–H and O–H groups in total. The first-order chi connectivity index (χ1) is 12.8. The molecule has 0 radical (unpaired) electrons. The monoisotopic (exact) mass is 376 g/mol. The number of nitrogen functional groups attached to an aromatic ring is 1. The van der Waals surface area contributed by atoms with Crippen LogP contribution < -0.4 is 10.6 Å². The van der Waals surface area contributed by atoms with Crippen molar-refractivity contribution in [3.8, 4) is 11.5 Å². The quantitative estimate of drug-likeness (QED) is 0.658. The fourth-order valence-electron chi connectivity index (χ4n) is 2.54. The number of rotatable bonds is 4. The fourth-order valence-corrected chi connectivity index (χ4v) is 2.54. The number of nitrogens with zero attached hydrogens (tertiary/aromatic N) is 7. The van der Waals surface area contributed by atoms with E-state index >= 15 is 0 Å². The van der Waals surface area contributed by atoms with Crippen LogP contribution in [0, 0.1) is 11.8 Å². The summed E-state index contributed by atoms with van der Waals surface area (Å²) >= 11 is 0. The summed E-state index contributed by atoms with van der Waals surface area (Å²) in [7, 11) is 1.45. The summed E-state index contributed by atoms with van der Waals surface area (Å²) in [6, 6.07) is -0.262. The molecule has 12 heteroatoms. The van der Waals surface area contributed by atoms with Gasteiger partial charge < -0.3 is 10.8 Å². The number of nitrogens with two attached hydrogens (primary N) is 1. The Morgan fingerprint density at radius 2 is 1.93 bits per heavy atom. The lowest BCUT2D eigenvalue weighted by Gasteiger charge is -2.26. The first-order valence-electron chi connectivity index (χ1n) is 7.60. The van der Waals surface area contributed by atoms with Gasteiger partial charge in [0.2, 0.25) is 5.95 Å². The van der Waals surface area contributed by atoms with E-state index in [1.165, 1.54) is 31.0 Å². The van der Waals surface area contributed by atoms with Gasteiger partial charge in [0.1, 0.15) is 5.82 Å². The van der Waals surface area contributed by atoms with E-state index in [0.29, 0.717) is 11.9 Å². The minimum Gasteiger partial charge on any atom is -0.465 e. The minimum absolute atomic E-state index is 0.0246. The molecule has 0 saturated heterocycles. The van der Waals surface area contributed by atoms with Crippen LogP contribution in [-0.4, -0.2) is 41.1 Å². The lowest BCUT2D eigenvalue weighted by molar-refractivity contribution is 0.199. The van der Waals surface area contributed by atoms with Crippen LogP contribution in [0.3, 0.4) is 0 Å². The maximum Gasteiger partial charge on any atom is 0.413 e. The molecule has 1 atom stereocenters. The molecule has 0 unspecified atom stereocenters. The van der Waals surface area contributed by atoms with Crippen LogP contribution in [0.5, 0.6) is 0 Å². The SMILES string of the molecule is C[C@H](c1cc(F)cnc1F)N(C(=O)O)c1c(-c2ncc(N)cn2)nnn1C. The molecule has 0 aliphatic carbocycles. The van der Waals surface area contributed by atoms with E-state index in [1.54, 1.807) is 0 Å². The third-order valence-electron chi connectivity index (χ3n) is 3.79. The highest BCUT2D eigenvalue weighted by atomic mass is 19.1. The van der Waals surface area contributed by atoms with Crippen molar-refractivity contribution in [2.75, 3.05) is 10.6 Å². The lowest BCUT2D eigenvalue weighted by Crippen LogP contribution is -2.35. The molecule has 0 aliphatic rings. The first-order valence-corrected chi connectivity index (χ1v) is 7.60. The highest BCUT2D eigenvalue weighted by Crippen LogP contribution is 2.33. The Balaban J connectivity index is 2.14. The molecule has 3 aromatic heterocycles. The normalized spacial score (nSPS) is 12.0. The lowest BCUT2D eigenvalue weighted by atomic mass is 10.1. The maximum atomic E-state index is 14.1. The standard InChI is InChI=1S/C15H14F2N8O2/c1-7(10-3-8(16)4-19-12(10)17)25(15(26)27)14-11(22-23-24(14)2)13-20-5-9(18)6-21-13/h3-7H,18H2,1-2H3,(H,26,27)/t7-/m1/s1. The van der Waals surface area contributed by atoms with Crippen LogP contribution in [-0.2, 0) is 7.05 Å². The Morgan fingerprint density at radius 1 is 1.26 bits per heavy atom. The second kappa shape index (κ2) is 6.90.